The lowest BCUT2D eigenvalue weighted by molar-refractivity contribution is 0.0697. The summed E-state index contributed by atoms with van der Waals surface area (Å²) >= 11 is 0. The molecule has 1 aliphatic rings. The van der Waals surface area contributed by atoms with Crippen molar-refractivity contribution in [3.63, 3.8) is 0 Å². The van der Waals surface area contributed by atoms with Gasteiger partial charge in [0.05, 0.1) is 4.90 Å². The van der Waals surface area contributed by atoms with E-state index >= 15 is 0 Å². The maximum Gasteiger partial charge on any atom is 0.412 e. The highest BCUT2D eigenvalue weighted by molar-refractivity contribution is 7.90. The Kier molecular flexibility index (Phi) is 5.20. The normalized spacial score (nSPS) is 12.7. The number of rotatable bonds is 5. The Morgan fingerprint density at radius 2 is 1.65 bits per heavy atom. The number of nitrogens with zero attached hydrogens (tertiary/aromatic N) is 1. The number of carboxylic acid groups (broad SMARTS) is 1. The van der Waals surface area contributed by atoms with Gasteiger partial charge in [-0.1, -0.05) is 48.5 Å². The summed E-state index contributed by atoms with van der Waals surface area (Å²) < 4.78 is 28.7. The summed E-state index contributed by atoms with van der Waals surface area (Å²) in [6.07, 6.45) is 1.04. The van der Waals surface area contributed by atoms with Crippen molar-refractivity contribution in [2.24, 2.45) is 0 Å². The van der Waals surface area contributed by atoms with Gasteiger partial charge < -0.3 is 9.84 Å². The number of ether oxygens (including phenoxy) is 1. The number of hydrogen-bond acceptors (Lipinski definition) is 6. The standard InChI is InChI=1S/C22H18N2O6S/c1-31(28,29)13-10-18(21(25)26)20(23-11-13)24-22(27)30-12-19-16-8-4-2-6-14(16)15-7-3-5-9-17(15)19/h2-11,19H,12H2,1H3,(H,25,26)(H,23,24,27). The predicted molar refractivity (Wildman–Crippen MR) is 113 cm³/mol. The summed E-state index contributed by atoms with van der Waals surface area (Å²) in [5.41, 5.74) is 3.80. The second-order valence-corrected chi connectivity index (χ2v) is 9.11. The number of carbonyl (C=O) groups excluding carboxylic acids is 1. The first-order valence-electron chi connectivity index (χ1n) is 9.31. The van der Waals surface area contributed by atoms with E-state index < -0.39 is 27.5 Å². The molecule has 1 aliphatic carbocycles. The lowest BCUT2D eigenvalue weighted by Gasteiger charge is -2.15. The molecule has 158 valence electrons. The van der Waals surface area contributed by atoms with Crippen LogP contribution >= 0.6 is 0 Å². The molecule has 0 saturated carbocycles. The Labute approximate surface area is 178 Å². The number of sulfone groups is 1. The highest BCUT2D eigenvalue weighted by Crippen LogP contribution is 2.44. The average Bonchev–Trinajstić information content (AvgIpc) is 3.05. The third-order valence-electron chi connectivity index (χ3n) is 5.09. The van der Waals surface area contributed by atoms with Gasteiger partial charge in [-0.15, -0.1) is 0 Å². The number of pyridine rings is 1. The van der Waals surface area contributed by atoms with Crippen LogP contribution in [0, 0.1) is 0 Å². The number of amides is 1. The number of carboxylic acids is 1. The number of aromatic nitrogens is 1. The first-order valence-corrected chi connectivity index (χ1v) is 11.2. The van der Waals surface area contributed by atoms with E-state index in [1.54, 1.807) is 0 Å². The Morgan fingerprint density at radius 1 is 1.06 bits per heavy atom. The molecule has 9 heteroatoms. The van der Waals surface area contributed by atoms with E-state index in [0.29, 0.717) is 0 Å². The zero-order valence-corrected chi connectivity index (χ0v) is 17.2. The Hall–Kier alpha value is -3.72. The number of carbonyl (C=O) groups is 2. The number of anilines is 1. The summed E-state index contributed by atoms with van der Waals surface area (Å²) in [5, 5.41) is 11.7. The fraction of sp³-hybridized carbons (Fsp3) is 0.136. The predicted octanol–water partition coefficient (Wildman–Crippen LogP) is 3.54. The highest BCUT2D eigenvalue weighted by atomic mass is 32.2. The van der Waals surface area contributed by atoms with Gasteiger partial charge in [-0.3, -0.25) is 5.32 Å². The van der Waals surface area contributed by atoms with E-state index in [4.69, 9.17) is 4.74 Å². The maximum absolute atomic E-state index is 12.4. The third kappa shape index (κ3) is 3.99. The van der Waals surface area contributed by atoms with Crippen molar-refractivity contribution in [3.8, 4) is 11.1 Å². The maximum atomic E-state index is 12.4. The summed E-state index contributed by atoms with van der Waals surface area (Å²) in [6, 6.07) is 16.7. The van der Waals surface area contributed by atoms with Crippen LogP contribution in [0.1, 0.15) is 27.4 Å². The van der Waals surface area contributed by atoms with Crippen molar-refractivity contribution in [2.75, 3.05) is 18.2 Å². The summed E-state index contributed by atoms with van der Waals surface area (Å²) in [5.74, 6) is -1.87. The van der Waals surface area contributed by atoms with Crippen LogP contribution in [0.25, 0.3) is 11.1 Å². The topological polar surface area (TPSA) is 123 Å². The van der Waals surface area contributed by atoms with Crippen molar-refractivity contribution >= 4 is 27.7 Å². The van der Waals surface area contributed by atoms with Crippen LogP contribution in [0.3, 0.4) is 0 Å². The zero-order chi connectivity index (χ0) is 22.2. The summed E-state index contributed by atoms with van der Waals surface area (Å²) in [7, 11) is -3.65. The van der Waals surface area contributed by atoms with Crippen LogP contribution in [-0.4, -0.2) is 43.4 Å². The number of fused-ring (bicyclic) bond motifs is 3. The third-order valence-corrected chi connectivity index (χ3v) is 6.16. The van der Waals surface area contributed by atoms with Gasteiger partial charge in [-0.25, -0.2) is 23.0 Å². The van der Waals surface area contributed by atoms with Gasteiger partial charge >= 0.3 is 12.1 Å². The van der Waals surface area contributed by atoms with Crippen LogP contribution < -0.4 is 5.32 Å². The van der Waals surface area contributed by atoms with Crippen LogP contribution in [0.4, 0.5) is 10.6 Å². The van der Waals surface area contributed by atoms with E-state index in [2.05, 4.69) is 10.3 Å². The van der Waals surface area contributed by atoms with Gasteiger partial charge in [0.2, 0.25) is 0 Å². The van der Waals surface area contributed by atoms with E-state index in [-0.39, 0.29) is 23.2 Å². The molecule has 0 aliphatic heterocycles. The lowest BCUT2D eigenvalue weighted by Crippen LogP contribution is -2.20. The molecule has 2 N–H and O–H groups in total. The van der Waals surface area contributed by atoms with Gasteiger partial charge in [0.1, 0.15) is 18.0 Å². The molecule has 4 rings (SSSR count). The molecule has 1 aromatic heterocycles. The molecule has 1 amide bonds. The number of aromatic carboxylic acids is 1. The van der Waals surface area contributed by atoms with Crippen molar-refractivity contribution in [3.05, 3.63) is 77.5 Å². The molecule has 0 unspecified atom stereocenters. The molecule has 0 bridgehead atoms. The minimum atomic E-state index is -3.65. The largest absolute Gasteiger partial charge is 0.478 e. The molecule has 0 radical (unpaired) electrons. The second kappa shape index (κ2) is 7.84. The highest BCUT2D eigenvalue weighted by Gasteiger charge is 2.29. The fourth-order valence-corrected chi connectivity index (χ4v) is 4.22. The van der Waals surface area contributed by atoms with Crippen LogP contribution in [0.2, 0.25) is 0 Å². The number of nitrogens with one attached hydrogen (secondary N) is 1. The molecular formula is C22H18N2O6S. The van der Waals surface area contributed by atoms with Crippen molar-refractivity contribution in [1.82, 2.24) is 4.98 Å². The Morgan fingerprint density at radius 3 is 2.19 bits per heavy atom. The SMILES string of the molecule is CS(=O)(=O)c1cnc(NC(=O)OCC2c3ccccc3-c3ccccc32)c(C(=O)O)c1. The first kappa shape index (κ1) is 20.5. The van der Waals surface area contributed by atoms with E-state index in [0.717, 1.165) is 40.8 Å². The van der Waals surface area contributed by atoms with Gasteiger partial charge in [0.25, 0.3) is 0 Å². The molecule has 8 nitrogen and oxygen atoms in total. The van der Waals surface area contributed by atoms with Crippen molar-refractivity contribution < 1.29 is 27.9 Å². The number of benzene rings is 2. The summed E-state index contributed by atoms with van der Waals surface area (Å²) in [4.78, 5) is 27.4. The Bertz CT molecular complexity index is 1260. The van der Waals surface area contributed by atoms with E-state index in [9.17, 15) is 23.1 Å². The van der Waals surface area contributed by atoms with Crippen LogP contribution in [0.15, 0.2) is 65.7 Å². The average molecular weight is 438 g/mol. The Balaban J connectivity index is 1.53. The molecule has 1 heterocycles. The molecule has 3 aromatic rings. The monoisotopic (exact) mass is 438 g/mol. The molecule has 0 atom stereocenters. The van der Waals surface area contributed by atoms with Gasteiger partial charge in [-0.05, 0) is 28.3 Å². The van der Waals surface area contributed by atoms with Gasteiger partial charge in [-0.2, -0.15) is 0 Å². The molecule has 0 spiro atoms. The minimum Gasteiger partial charge on any atom is -0.478 e. The second-order valence-electron chi connectivity index (χ2n) is 7.10. The quantitative estimate of drug-likeness (QED) is 0.624. The molecule has 2 aromatic carbocycles. The first-order chi connectivity index (χ1) is 14.8. The van der Waals surface area contributed by atoms with Gasteiger partial charge in [0.15, 0.2) is 9.84 Å². The smallest absolute Gasteiger partial charge is 0.412 e. The number of hydrogen-bond donors (Lipinski definition) is 2. The summed E-state index contributed by atoms with van der Waals surface area (Å²) in [6.45, 7) is 0.0453. The van der Waals surface area contributed by atoms with Gasteiger partial charge in [0, 0.05) is 18.4 Å². The van der Waals surface area contributed by atoms with Crippen molar-refractivity contribution in [1.29, 1.82) is 0 Å². The molecule has 31 heavy (non-hydrogen) atoms. The van der Waals surface area contributed by atoms with E-state index in [1.165, 1.54) is 0 Å². The zero-order valence-electron chi connectivity index (χ0n) is 16.4. The lowest BCUT2D eigenvalue weighted by atomic mass is 9.98. The van der Waals surface area contributed by atoms with Crippen molar-refractivity contribution in [2.45, 2.75) is 10.8 Å². The van der Waals surface area contributed by atoms with Crippen LogP contribution in [0.5, 0.6) is 0 Å². The molecular weight excluding hydrogens is 420 g/mol. The molecule has 0 saturated heterocycles. The molecule has 0 fully saturated rings. The van der Waals surface area contributed by atoms with Crippen LogP contribution in [-0.2, 0) is 14.6 Å². The van der Waals surface area contributed by atoms with E-state index in [1.807, 2.05) is 48.5 Å². The minimum absolute atomic E-state index is 0.0453. The fourth-order valence-electron chi connectivity index (χ4n) is 3.64.